The number of aryl methyl sites for hydroxylation is 1. The molecule has 2 aliphatic rings. The second kappa shape index (κ2) is 10.1. The fourth-order valence-electron chi connectivity index (χ4n) is 4.84. The van der Waals surface area contributed by atoms with Gasteiger partial charge in [0.05, 0.1) is 36.1 Å². The number of carbonyl (C=O) groups is 2. The Morgan fingerprint density at radius 3 is 2.36 bits per heavy atom. The zero-order valence-corrected chi connectivity index (χ0v) is 21.5. The predicted molar refractivity (Wildman–Crippen MR) is 137 cm³/mol. The van der Waals surface area contributed by atoms with E-state index in [9.17, 15) is 14.4 Å². The molecule has 0 saturated carbocycles. The van der Waals surface area contributed by atoms with Crippen molar-refractivity contribution in [3.63, 3.8) is 0 Å². The Balaban J connectivity index is 1.45. The van der Waals surface area contributed by atoms with Gasteiger partial charge in [-0.3, -0.25) is 14.2 Å². The van der Waals surface area contributed by atoms with Crippen molar-refractivity contribution in [2.45, 2.75) is 45.3 Å². The number of fused-ring (bicyclic) bond motifs is 1. The fraction of sp³-hybridized carbons (Fsp3) is 0.385. The van der Waals surface area contributed by atoms with Gasteiger partial charge < -0.3 is 9.80 Å². The van der Waals surface area contributed by atoms with Crippen LogP contribution in [0.2, 0.25) is 10.0 Å². The summed E-state index contributed by atoms with van der Waals surface area (Å²) in [6, 6.07) is 12.2. The third kappa shape index (κ3) is 4.92. The highest BCUT2D eigenvalue weighted by atomic mass is 35.5. The number of amides is 2. The Morgan fingerprint density at radius 2 is 1.67 bits per heavy atom. The number of benzene rings is 2. The molecule has 1 fully saturated rings. The molecule has 2 aromatic carbocycles. The lowest BCUT2D eigenvalue weighted by Crippen LogP contribution is -2.50. The molecule has 2 amide bonds. The second-order valence-corrected chi connectivity index (χ2v) is 10.3. The molecule has 0 bridgehead atoms. The molecule has 0 aliphatic carbocycles. The van der Waals surface area contributed by atoms with Crippen molar-refractivity contribution in [3.05, 3.63) is 85.5 Å². The van der Waals surface area contributed by atoms with Crippen LogP contribution in [0, 0.1) is 6.92 Å². The Bertz CT molecular complexity index is 1360. The van der Waals surface area contributed by atoms with E-state index in [1.165, 1.54) is 9.25 Å². The van der Waals surface area contributed by atoms with Gasteiger partial charge in [0.15, 0.2) is 5.82 Å². The molecular formula is C26H27Cl2N5O3. The number of hydrogen-bond acceptors (Lipinski definition) is 4. The molecule has 5 rings (SSSR count). The van der Waals surface area contributed by atoms with E-state index in [1.54, 1.807) is 28.0 Å². The SMILES string of the molecule is Cc1ccc(Cn2nc3n(c2=O)C(C(=O)N2CCCC2)CN(C(=O)Cc2ccc(Cl)c(Cl)c2)C3)cc1. The number of nitrogens with zero attached hydrogens (tertiary/aromatic N) is 5. The molecule has 1 saturated heterocycles. The minimum absolute atomic E-state index is 0.107. The van der Waals surface area contributed by atoms with Crippen molar-refractivity contribution >= 4 is 35.0 Å². The summed E-state index contributed by atoms with van der Waals surface area (Å²) >= 11 is 12.1. The number of carbonyl (C=O) groups excluding carboxylic acids is 2. The van der Waals surface area contributed by atoms with Crippen LogP contribution in [0.1, 0.15) is 41.4 Å². The van der Waals surface area contributed by atoms with E-state index in [1.807, 2.05) is 31.2 Å². The summed E-state index contributed by atoms with van der Waals surface area (Å²) in [6.45, 7) is 3.89. The summed E-state index contributed by atoms with van der Waals surface area (Å²) < 4.78 is 2.87. The molecule has 3 aromatic rings. The molecule has 1 unspecified atom stereocenters. The van der Waals surface area contributed by atoms with Gasteiger partial charge in [0.25, 0.3) is 0 Å². The van der Waals surface area contributed by atoms with Crippen LogP contribution >= 0.6 is 23.2 Å². The van der Waals surface area contributed by atoms with Crippen LogP contribution in [0.5, 0.6) is 0 Å². The lowest BCUT2D eigenvalue weighted by atomic mass is 10.1. The quantitative estimate of drug-likeness (QED) is 0.508. The van der Waals surface area contributed by atoms with Gasteiger partial charge in [0.1, 0.15) is 6.04 Å². The van der Waals surface area contributed by atoms with Crippen LogP contribution in [0.3, 0.4) is 0 Å². The molecule has 36 heavy (non-hydrogen) atoms. The van der Waals surface area contributed by atoms with E-state index in [4.69, 9.17) is 23.2 Å². The smallest absolute Gasteiger partial charge is 0.341 e. The van der Waals surface area contributed by atoms with Crippen molar-refractivity contribution in [3.8, 4) is 0 Å². The third-order valence-electron chi connectivity index (χ3n) is 6.83. The van der Waals surface area contributed by atoms with Gasteiger partial charge in [-0.1, -0.05) is 59.1 Å². The highest BCUT2D eigenvalue weighted by molar-refractivity contribution is 6.42. The second-order valence-electron chi connectivity index (χ2n) is 9.46. The molecule has 188 valence electrons. The minimum atomic E-state index is -0.802. The van der Waals surface area contributed by atoms with E-state index >= 15 is 0 Å². The average molecular weight is 528 g/mol. The molecule has 1 atom stereocenters. The van der Waals surface area contributed by atoms with Crippen molar-refractivity contribution in [2.24, 2.45) is 0 Å². The van der Waals surface area contributed by atoms with E-state index in [2.05, 4.69) is 5.10 Å². The average Bonchev–Trinajstić information content (AvgIpc) is 3.51. The van der Waals surface area contributed by atoms with Gasteiger partial charge in [0.2, 0.25) is 11.8 Å². The molecular weight excluding hydrogens is 501 g/mol. The molecule has 1 aromatic heterocycles. The first-order valence-electron chi connectivity index (χ1n) is 12.0. The number of aromatic nitrogens is 3. The largest absolute Gasteiger partial charge is 0.347 e. The van der Waals surface area contributed by atoms with Crippen LogP contribution in [-0.2, 0) is 29.1 Å². The first-order chi connectivity index (χ1) is 17.3. The monoisotopic (exact) mass is 527 g/mol. The molecule has 8 nitrogen and oxygen atoms in total. The molecule has 3 heterocycles. The summed E-state index contributed by atoms with van der Waals surface area (Å²) in [5.41, 5.74) is 2.46. The maximum atomic E-state index is 13.5. The van der Waals surface area contributed by atoms with Gasteiger partial charge in [-0.05, 0) is 43.0 Å². The first kappa shape index (κ1) is 24.6. The van der Waals surface area contributed by atoms with Crippen LogP contribution in [0.4, 0.5) is 0 Å². The molecule has 0 radical (unpaired) electrons. The van der Waals surface area contributed by atoms with E-state index in [-0.39, 0.29) is 37.0 Å². The summed E-state index contributed by atoms with van der Waals surface area (Å²) in [6.07, 6.45) is 1.98. The zero-order chi connectivity index (χ0) is 25.4. The van der Waals surface area contributed by atoms with Gasteiger partial charge in [-0.25, -0.2) is 9.48 Å². The summed E-state index contributed by atoms with van der Waals surface area (Å²) in [5, 5.41) is 5.36. The minimum Gasteiger partial charge on any atom is -0.341 e. The Kier molecular flexibility index (Phi) is 6.90. The van der Waals surface area contributed by atoms with Crippen molar-refractivity contribution in [1.82, 2.24) is 24.1 Å². The number of hydrogen-bond donors (Lipinski definition) is 0. The molecule has 0 spiro atoms. The van der Waals surface area contributed by atoms with Crippen LogP contribution in [0.15, 0.2) is 47.3 Å². The van der Waals surface area contributed by atoms with E-state index in [0.29, 0.717) is 35.5 Å². The predicted octanol–water partition coefficient (Wildman–Crippen LogP) is 3.46. The molecule has 0 N–H and O–H groups in total. The number of rotatable bonds is 5. The van der Waals surface area contributed by atoms with Gasteiger partial charge in [0, 0.05) is 13.1 Å². The van der Waals surface area contributed by atoms with Gasteiger partial charge in [-0.15, -0.1) is 0 Å². The maximum absolute atomic E-state index is 13.5. The normalized spacial score (nSPS) is 17.4. The van der Waals surface area contributed by atoms with Crippen LogP contribution in [-0.4, -0.2) is 55.6 Å². The molecule has 2 aliphatic heterocycles. The lowest BCUT2D eigenvalue weighted by Gasteiger charge is -2.34. The Hall–Kier alpha value is -3.10. The summed E-state index contributed by atoms with van der Waals surface area (Å²) in [4.78, 5) is 43.6. The Labute approximate surface area is 219 Å². The first-order valence-corrected chi connectivity index (χ1v) is 12.8. The lowest BCUT2D eigenvalue weighted by molar-refractivity contribution is -0.139. The van der Waals surface area contributed by atoms with Crippen molar-refractivity contribution < 1.29 is 9.59 Å². The number of likely N-dealkylation sites (tertiary alicyclic amines) is 1. The van der Waals surface area contributed by atoms with Gasteiger partial charge in [-0.2, -0.15) is 5.10 Å². The highest BCUT2D eigenvalue weighted by Crippen LogP contribution is 2.26. The standard InChI is InChI=1S/C26H27Cl2N5O3/c1-17-4-6-18(7-5-17)14-32-26(36)33-22(25(35)30-10-2-3-11-30)15-31(16-23(33)29-32)24(34)13-19-8-9-20(27)21(28)12-19/h4-9,12,22H,2-3,10-11,13-16H2,1H3. The fourth-order valence-corrected chi connectivity index (χ4v) is 5.16. The zero-order valence-electron chi connectivity index (χ0n) is 20.0. The Morgan fingerprint density at radius 1 is 0.972 bits per heavy atom. The maximum Gasteiger partial charge on any atom is 0.347 e. The summed E-state index contributed by atoms with van der Waals surface area (Å²) in [5.74, 6) is 0.107. The number of halogens is 2. The topological polar surface area (TPSA) is 80.4 Å². The van der Waals surface area contributed by atoms with E-state index in [0.717, 1.165) is 29.5 Å². The van der Waals surface area contributed by atoms with Crippen LogP contribution < -0.4 is 5.69 Å². The molecule has 10 heteroatoms. The van der Waals surface area contributed by atoms with E-state index < -0.39 is 6.04 Å². The summed E-state index contributed by atoms with van der Waals surface area (Å²) in [7, 11) is 0. The van der Waals surface area contributed by atoms with Crippen molar-refractivity contribution in [1.29, 1.82) is 0 Å². The highest BCUT2D eigenvalue weighted by Gasteiger charge is 2.38. The van der Waals surface area contributed by atoms with Crippen molar-refractivity contribution in [2.75, 3.05) is 19.6 Å². The third-order valence-corrected chi connectivity index (χ3v) is 7.57. The van der Waals surface area contributed by atoms with Gasteiger partial charge >= 0.3 is 5.69 Å². The van der Waals surface area contributed by atoms with Crippen LogP contribution in [0.25, 0.3) is 0 Å².